The lowest BCUT2D eigenvalue weighted by atomic mass is 9.79. The lowest BCUT2D eigenvalue weighted by Crippen LogP contribution is -2.37. The topological polar surface area (TPSA) is 16.4 Å². The Morgan fingerprint density at radius 3 is 2.23 bits per heavy atom. The van der Waals surface area contributed by atoms with Crippen molar-refractivity contribution in [3.05, 3.63) is 174 Å². The Morgan fingerprint density at radius 1 is 0.660 bits per heavy atom. The van der Waals surface area contributed by atoms with Crippen molar-refractivity contribution in [1.82, 2.24) is 0 Å². The number of fused-ring (bicyclic) bond motifs is 5. The second-order valence-corrected chi connectivity index (χ2v) is 13.5. The molecule has 3 aliphatic carbocycles. The van der Waals surface area contributed by atoms with E-state index >= 15 is 0 Å². The first kappa shape index (κ1) is 27.9. The molecule has 5 aromatic carbocycles. The Morgan fingerprint density at radius 2 is 1.36 bits per heavy atom. The van der Waals surface area contributed by atoms with Gasteiger partial charge in [-0.3, -0.25) is 0 Å². The Labute approximate surface area is 276 Å². The number of para-hydroxylation sites is 2. The number of anilines is 1. The van der Waals surface area contributed by atoms with Crippen LogP contribution in [0.1, 0.15) is 49.8 Å². The highest BCUT2D eigenvalue weighted by atomic mass is 16.3. The highest BCUT2D eigenvalue weighted by Crippen LogP contribution is 2.53. The highest BCUT2D eigenvalue weighted by molar-refractivity contribution is 6.09. The average Bonchev–Trinajstić information content (AvgIpc) is 3.62. The van der Waals surface area contributed by atoms with Crippen LogP contribution in [-0.4, -0.2) is 6.04 Å². The van der Waals surface area contributed by atoms with Crippen molar-refractivity contribution in [3.8, 4) is 11.1 Å². The first-order valence-corrected chi connectivity index (χ1v) is 16.9. The van der Waals surface area contributed by atoms with Gasteiger partial charge in [0.25, 0.3) is 0 Å². The van der Waals surface area contributed by atoms with E-state index in [1.807, 2.05) is 0 Å². The second-order valence-electron chi connectivity index (χ2n) is 13.5. The molecule has 1 unspecified atom stereocenters. The molecule has 0 N–H and O–H groups in total. The number of hydrogen-bond acceptors (Lipinski definition) is 2. The molecule has 0 spiro atoms. The Kier molecular flexibility index (Phi) is 6.47. The third-order valence-corrected chi connectivity index (χ3v) is 10.5. The molecule has 0 bridgehead atoms. The van der Waals surface area contributed by atoms with Gasteiger partial charge in [-0.1, -0.05) is 141 Å². The van der Waals surface area contributed by atoms with Crippen molar-refractivity contribution < 1.29 is 4.42 Å². The molecule has 2 nitrogen and oxygen atoms in total. The van der Waals surface area contributed by atoms with Crippen LogP contribution >= 0.6 is 0 Å². The minimum Gasteiger partial charge on any atom is -0.455 e. The van der Waals surface area contributed by atoms with Gasteiger partial charge in [-0.25, -0.2) is 0 Å². The summed E-state index contributed by atoms with van der Waals surface area (Å²) in [6.45, 7) is 4.76. The Hall–Kier alpha value is -5.34. The van der Waals surface area contributed by atoms with E-state index in [0.717, 1.165) is 41.4 Å². The van der Waals surface area contributed by atoms with Crippen molar-refractivity contribution in [2.45, 2.75) is 44.6 Å². The molecule has 1 heterocycles. The SMILES string of the molecule is CC1(C)C2=C(c3ccccc31)C(N(C1=CCCC=C1c1cccc3c1oc1ccccc13)c1ccc(-c3ccccc3)cc1)CC=C2. The summed E-state index contributed by atoms with van der Waals surface area (Å²) in [7, 11) is 0. The van der Waals surface area contributed by atoms with Gasteiger partial charge in [0.1, 0.15) is 11.2 Å². The average molecular weight is 608 g/mol. The van der Waals surface area contributed by atoms with Crippen LogP contribution in [0.15, 0.2) is 161 Å². The smallest absolute Gasteiger partial charge is 0.143 e. The summed E-state index contributed by atoms with van der Waals surface area (Å²) in [5.41, 5.74) is 14.8. The summed E-state index contributed by atoms with van der Waals surface area (Å²) in [5, 5.41) is 2.33. The second kappa shape index (κ2) is 10.9. The molecular formula is C45H37NO. The molecule has 1 atom stereocenters. The molecule has 3 aliphatic rings. The molecule has 47 heavy (non-hydrogen) atoms. The number of nitrogens with zero attached hydrogens (tertiary/aromatic N) is 1. The van der Waals surface area contributed by atoms with Crippen molar-refractivity contribution >= 4 is 38.8 Å². The Bertz CT molecular complexity index is 2290. The van der Waals surface area contributed by atoms with E-state index in [-0.39, 0.29) is 11.5 Å². The monoisotopic (exact) mass is 607 g/mol. The van der Waals surface area contributed by atoms with E-state index in [1.54, 1.807) is 0 Å². The van der Waals surface area contributed by atoms with E-state index in [4.69, 9.17) is 4.42 Å². The maximum Gasteiger partial charge on any atom is 0.143 e. The van der Waals surface area contributed by atoms with E-state index in [0.29, 0.717) is 0 Å². The fraction of sp³-hybridized carbons (Fsp3) is 0.156. The van der Waals surface area contributed by atoms with E-state index in [1.165, 1.54) is 55.7 Å². The Balaban J connectivity index is 1.24. The third-order valence-electron chi connectivity index (χ3n) is 10.5. The van der Waals surface area contributed by atoms with Gasteiger partial charge in [0.2, 0.25) is 0 Å². The molecule has 9 rings (SSSR count). The minimum absolute atomic E-state index is 0.0522. The first-order valence-electron chi connectivity index (χ1n) is 16.9. The zero-order valence-corrected chi connectivity index (χ0v) is 26.9. The summed E-state index contributed by atoms with van der Waals surface area (Å²) in [5.74, 6) is 0. The highest BCUT2D eigenvalue weighted by Gasteiger charge is 2.42. The van der Waals surface area contributed by atoms with Gasteiger partial charge in [-0.15, -0.1) is 0 Å². The predicted octanol–water partition coefficient (Wildman–Crippen LogP) is 11.9. The molecule has 0 fully saturated rings. The van der Waals surface area contributed by atoms with Crippen LogP contribution in [0.25, 0.3) is 44.2 Å². The molecule has 0 amide bonds. The maximum absolute atomic E-state index is 6.62. The standard InChI is InChI=1S/C45H37NO/c1-45(2)38-21-9-6-18-37(38)43-39(45)22-13-24-41(43)46(32-28-26-31(27-29-32)30-14-4-3-5-15-30)40-23-10-7-16-33(40)35-19-12-20-36-34-17-8-11-25-42(34)47-44(35)36/h3-6,8-9,11-23,25-29,41H,7,10,24H2,1-2H3. The molecule has 228 valence electrons. The summed E-state index contributed by atoms with van der Waals surface area (Å²) >= 11 is 0. The van der Waals surface area contributed by atoms with Gasteiger partial charge in [0.15, 0.2) is 0 Å². The zero-order valence-electron chi connectivity index (χ0n) is 26.9. The van der Waals surface area contributed by atoms with Crippen LogP contribution in [0.2, 0.25) is 0 Å². The van der Waals surface area contributed by atoms with Crippen molar-refractivity contribution in [1.29, 1.82) is 0 Å². The van der Waals surface area contributed by atoms with Crippen LogP contribution in [0.4, 0.5) is 5.69 Å². The van der Waals surface area contributed by atoms with Crippen LogP contribution in [0, 0.1) is 0 Å². The summed E-state index contributed by atoms with van der Waals surface area (Å²) < 4.78 is 6.62. The van der Waals surface area contributed by atoms with Gasteiger partial charge >= 0.3 is 0 Å². The molecule has 0 aliphatic heterocycles. The quantitative estimate of drug-likeness (QED) is 0.194. The van der Waals surface area contributed by atoms with Crippen LogP contribution in [0.3, 0.4) is 0 Å². The van der Waals surface area contributed by atoms with Crippen LogP contribution < -0.4 is 4.90 Å². The minimum atomic E-state index is -0.0522. The van der Waals surface area contributed by atoms with Gasteiger partial charge in [0.05, 0.1) is 6.04 Å². The van der Waals surface area contributed by atoms with Crippen molar-refractivity contribution in [2.24, 2.45) is 0 Å². The number of rotatable bonds is 5. The molecule has 6 aromatic rings. The molecule has 1 aromatic heterocycles. The van der Waals surface area contributed by atoms with E-state index < -0.39 is 0 Å². The van der Waals surface area contributed by atoms with Crippen molar-refractivity contribution in [3.63, 3.8) is 0 Å². The largest absolute Gasteiger partial charge is 0.455 e. The number of hydrogen-bond donors (Lipinski definition) is 0. The molecule has 0 saturated heterocycles. The number of allylic oxidation sites excluding steroid dienone is 5. The van der Waals surface area contributed by atoms with Crippen LogP contribution in [0.5, 0.6) is 0 Å². The summed E-state index contributed by atoms with van der Waals surface area (Å²) in [4.78, 5) is 2.64. The normalized spacial score (nSPS) is 18.2. The summed E-state index contributed by atoms with van der Waals surface area (Å²) in [6, 6.07) is 44.1. The maximum atomic E-state index is 6.62. The number of furan rings is 1. The van der Waals surface area contributed by atoms with Gasteiger partial charge in [-0.2, -0.15) is 0 Å². The lowest BCUT2D eigenvalue weighted by molar-refractivity contribution is 0.646. The van der Waals surface area contributed by atoms with E-state index in [2.05, 4.69) is 164 Å². The van der Waals surface area contributed by atoms with Gasteiger partial charge in [-0.05, 0) is 70.9 Å². The van der Waals surface area contributed by atoms with E-state index in [9.17, 15) is 0 Å². The van der Waals surface area contributed by atoms with Crippen molar-refractivity contribution in [2.75, 3.05) is 4.90 Å². The van der Waals surface area contributed by atoms with Gasteiger partial charge < -0.3 is 9.32 Å². The molecule has 2 heteroatoms. The third kappa shape index (κ3) is 4.39. The van der Waals surface area contributed by atoms with Crippen LogP contribution in [-0.2, 0) is 5.41 Å². The molecular weight excluding hydrogens is 571 g/mol. The lowest BCUT2D eigenvalue weighted by Gasteiger charge is -2.40. The predicted molar refractivity (Wildman–Crippen MR) is 197 cm³/mol. The molecule has 0 radical (unpaired) electrons. The molecule has 0 saturated carbocycles. The first-order chi connectivity index (χ1) is 23.1. The fourth-order valence-electron chi connectivity index (χ4n) is 8.24. The number of benzene rings is 5. The van der Waals surface area contributed by atoms with Gasteiger partial charge in [0, 0.05) is 38.7 Å². The zero-order chi connectivity index (χ0) is 31.5. The summed E-state index contributed by atoms with van der Waals surface area (Å²) in [6.07, 6.45) is 12.6. The fourth-order valence-corrected chi connectivity index (χ4v) is 8.24.